The van der Waals surface area contributed by atoms with Gasteiger partial charge in [0.2, 0.25) is 0 Å². The van der Waals surface area contributed by atoms with Crippen LogP contribution in [0, 0.1) is 12.1 Å². The van der Waals surface area contributed by atoms with E-state index in [-0.39, 0.29) is 58.2 Å². The molecule has 0 amide bonds. The number of hydrogen-bond acceptors (Lipinski definition) is 0. The van der Waals surface area contributed by atoms with E-state index in [1.165, 1.54) is 0 Å². The van der Waals surface area contributed by atoms with Crippen LogP contribution in [0.15, 0.2) is 18.2 Å². The van der Waals surface area contributed by atoms with Gasteiger partial charge >= 0.3 is 58.2 Å². The van der Waals surface area contributed by atoms with Crippen molar-refractivity contribution in [3.8, 4) is 0 Å². The van der Waals surface area contributed by atoms with Crippen LogP contribution in [0.1, 0.15) is 25.3 Å². The minimum absolute atomic E-state index is 0. The van der Waals surface area contributed by atoms with Crippen molar-refractivity contribution < 1.29 is 58.2 Å². The molecule has 0 radical (unpaired) electrons. The first-order valence-corrected chi connectivity index (χ1v) is 3.19. The number of benzene rings is 1. The molecule has 0 aliphatic carbocycles. The molecule has 11 heavy (non-hydrogen) atoms. The summed E-state index contributed by atoms with van der Waals surface area (Å²) in [6.07, 6.45) is 0. The summed E-state index contributed by atoms with van der Waals surface area (Å²) in [7, 11) is 0. The number of hydrogen-bond donors (Lipinski definition) is 0. The van der Waals surface area contributed by atoms with Crippen LogP contribution < -0.4 is 58.2 Å². The molecule has 1 rings (SSSR count). The molecular formula is C9H10RbRf-. The van der Waals surface area contributed by atoms with Gasteiger partial charge in [-0.15, -0.1) is 0 Å². The van der Waals surface area contributed by atoms with Gasteiger partial charge < -0.3 is 12.1 Å². The maximum Gasteiger partial charge on any atom is 1.00 e. The second kappa shape index (κ2) is 6.72. The minimum atomic E-state index is 0. The number of rotatable bonds is 1. The molecule has 1 aromatic rings. The molecular weight excluding hydrogens is 461 g/mol. The third kappa shape index (κ3) is 4.46. The normalized spacial score (nSPS) is 8.27. The summed E-state index contributed by atoms with van der Waals surface area (Å²) in [4.78, 5) is 0. The van der Waals surface area contributed by atoms with E-state index in [0.29, 0.717) is 5.92 Å². The van der Waals surface area contributed by atoms with Gasteiger partial charge in [-0.25, -0.2) is 0 Å². The smallest absolute Gasteiger partial charge is 0.355 e. The second-order valence-electron chi connectivity index (χ2n) is 2.38. The standard InChI is InChI=1S/C9H10.Rb.Rf/c1-8(2)9-6-4-3-5-7-9;;/h3-5,8H,1-2H3;;/q-2;+1;. The molecule has 0 aliphatic rings. The average Bonchev–Trinajstić information content (AvgIpc) is 1.90. The molecule has 2 heteroatoms. The van der Waals surface area contributed by atoms with Crippen molar-refractivity contribution in [2.45, 2.75) is 19.8 Å². The summed E-state index contributed by atoms with van der Waals surface area (Å²) >= 11 is 0. The fourth-order valence-corrected chi connectivity index (χ4v) is 0.699. The quantitative estimate of drug-likeness (QED) is 0.482. The van der Waals surface area contributed by atoms with Crippen molar-refractivity contribution in [3.63, 3.8) is 0 Å². The van der Waals surface area contributed by atoms with Crippen LogP contribution in [0.5, 0.6) is 0 Å². The van der Waals surface area contributed by atoms with Gasteiger partial charge in [0.1, 0.15) is 0 Å². The van der Waals surface area contributed by atoms with Crippen molar-refractivity contribution in [1.82, 2.24) is 0 Å². The fourth-order valence-electron chi connectivity index (χ4n) is 0.699. The molecule has 0 spiro atoms. The van der Waals surface area contributed by atoms with Crippen LogP contribution in [0.3, 0.4) is 0 Å². The summed E-state index contributed by atoms with van der Waals surface area (Å²) in [5, 5.41) is 0. The van der Waals surface area contributed by atoms with Gasteiger partial charge in [-0.3, -0.25) is 23.8 Å². The van der Waals surface area contributed by atoms with Crippen LogP contribution in [0.4, 0.5) is 0 Å². The van der Waals surface area contributed by atoms with E-state index in [0.717, 1.165) is 5.56 Å². The van der Waals surface area contributed by atoms with E-state index in [1.54, 1.807) is 0 Å². The first kappa shape index (κ1) is 13.6. The summed E-state index contributed by atoms with van der Waals surface area (Å²) < 4.78 is 0. The van der Waals surface area contributed by atoms with Crippen molar-refractivity contribution in [2.75, 3.05) is 0 Å². The maximum atomic E-state index is 3.11. The summed E-state index contributed by atoms with van der Waals surface area (Å²) in [5.41, 5.74) is 1.16. The van der Waals surface area contributed by atoms with Crippen molar-refractivity contribution in [3.05, 3.63) is 35.9 Å². The Morgan fingerprint density at radius 1 is 1.18 bits per heavy atom. The Labute approximate surface area is 112 Å². The first-order chi connectivity index (χ1) is 4.30. The molecule has 50 valence electrons. The van der Waals surface area contributed by atoms with Gasteiger partial charge in [-0.05, 0) is 0 Å². The summed E-state index contributed by atoms with van der Waals surface area (Å²) in [6.45, 7) is 4.28. The molecule has 0 N–H and O–H groups in total. The van der Waals surface area contributed by atoms with E-state index in [9.17, 15) is 0 Å². The molecule has 0 fully saturated rings. The zero-order valence-corrected chi connectivity index (χ0v) is 18.8. The van der Waals surface area contributed by atoms with Crippen molar-refractivity contribution >= 4 is 0 Å². The summed E-state index contributed by atoms with van der Waals surface area (Å²) in [6, 6.07) is 12.0. The van der Waals surface area contributed by atoms with Gasteiger partial charge in [0.15, 0.2) is 0 Å². The Morgan fingerprint density at radius 3 is 1.91 bits per heavy atom. The summed E-state index contributed by atoms with van der Waals surface area (Å²) in [5.74, 6) is 0.547. The third-order valence-electron chi connectivity index (χ3n) is 1.25. The Balaban J connectivity index is 0. The molecule has 0 heterocycles. The Kier molecular flexibility index (Phi) is 8.31. The zero-order valence-electron chi connectivity index (χ0n) is 7.52. The van der Waals surface area contributed by atoms with Crippen molar-refractivity contribution in [1.29, 1.82) is 0 Å². The van der Waals surface area contributed by atoms with Gasteiger partial charge in [0, 0.05) is 0 Å². The Hall–Kier alpha value is 0.0252. The molecule has 0 saturated heterocycles. The molecule has 0 nitrogen and oxygen atoms in total. The second-order valence-corrected chi connectivity index (χ2v) is 2.38. The molecule has 0 atom stereocenters. The van der Waals surface area contributed by atoms with E-state index < -0.39 is 0 Å². The van der Waals surface area contributed by atoms with Gasteiger partial charge in [-0.2, -0.15) is 0 Å². The third-order valence-corrected chi connectivity index (χ3v) is 1.25. The molecule has 0 bridgehead atoms. The maximum absolute atomic E-state index is 3.11. The topological polar surface area (TPSA) is 0 Å². The van der Waals surface area contributed by atoms with Crippen LogP contribution in [0.2, 0.25) is 0 Å². The van der Waals surface area contributed by atoms with Crippen LogP contribution in [0.25, 0.3) is 0 Å². The van der Waals surface area contributed by atoms with Crippen LogP contribution in [-0.2, 0) is 0 Å². The fraction of sp³-hybridized carbons (Fsp3) is 0.333. The van der Waals surface area contributed by atoms with Gasteiger partial charge in [0.25, 0.3) is 0 Å². The predicted octanol–water partition coefficient (Wildman–Crippen LogP) is -0.586. The molecule has 0 aliphatic heterocycles. The Morgan fingerprint density at radius 2 is 1.64 bits per heavy atom. The van der Waals surface area contributed by atoms with Crippen molar-refractivity contribution in [2.24, 2.45) is 0 Å². The molecule has 0 saturated carbocycles. The minimum Gasteiger partial charge on any atom is -0.355 e. The van der Waals surface area contributed by atoms with E-state index >= 15 is 0 Å². The molecule has 0 aromatic heterocycles. The van der Waals surface area contributed by atoms with Crippen LogP contribution in [-0.4, -0.2) is 0 Å². The van der Waals surface area contributed by atoms with E-state index in [4.69, 9.17) is 0 Å². The van der Waals surface area contributed by atoms with Crippen LogP contribution >= 0.6 is 0 Å². The van der Waals surface area contributed by atoms with E-state index in [2.05, 4.69) is 26.0 Å². The largest absolute Gasteiger partial charge is 1.00 e. The SMILES string of the molecule is CC(C)c1[c-]ccc[c-]1.[Rb+].[Rf]. The average molecular weight is 471 g/mol. The molecule has 0 unspecified atom stereocenters. The zero-order chi connectivity index (χ0) is 6.69. The monoisotopic (exact) mass is 470 g/mol. The first-order valence-electron chi connectivity index (χ1n) is 3.19. The van der Waals surface area contributed by atoms with E-state index in [1.807, 2.05) is 18.2 Å². The predicted molar refractivity (Wildman–Crippen MR) is 38.2 cm³/mol. The van der Waals surface area contributed by atoms with Gasteiger partial charge in [-0.1, -0.05) is 19.8 Å². The Bertz CT molecular complexity index is 172. The molecule has 1 aromatic carbocycles. The van der Waals surface area contributed by atoms with Gasteiger partial charge in [0.05, 0.1) is 0 Å².